The Morgan fingerprint density at radius 2 is 2.05 bits per heavy atom. The van der Waals surface area contributed by atoms with Crippen LogP contribution in [0.2, 0.25) is 0 Å². The van der Waals surface area contributed by atoms with Crippen molar-refractivity contribution in [2.75, 3.05) is 11.1 Å². The first-order valence-corrected chi connectivity index (χ1v) is 7.17. The molecule has 0 spiro atoms. The van der Waals surface area contributed by atoms with Crippen molar-refractivity contribution in [3.63, 3.8) is 0 Å². The van der Waals surface area contributed by atoms with Crippen LogP contribution in [0.5, 0.6) is 0 Å². The molecule has 19 heavy (non-hydrogen) atoms. The molecule has 0 saturated heterocycles. The number of Topliss-reactive ketones (excluding diaryl/α,β-unsaturated/α-hetero) is 1. The molecule has 1 heterocycles. The zero-order valence-corrected chi connectivity index (χ0v) is 12.0. The fourth-order valence-corrected chi connectivity index (χ4v) is 2.97. The summed E-state index contributed by atoms with van der Waals surface area (Å²) in [5, 5.41) is 4.32. The van der Waals surface area contributed by atoms with E-state index in [2.05, 4.69) is 24.4 Å². The van der Waals surface area contributed by atoms with E-state index in [1.54, 1.807) is 0 Å². The summed E-state index contributed by atoms with van der Waals surface area (Å²) in [5.74, 6) is 0.0999. The van der Waals surface area contributed by atoms with Gasteiger partial charge in [0, 0.05) is 12.5 Å². The van der Waals surface area contributed by atoms with Crippen molar-refractivity contribution in [1.29, 1.82) is 0 Å². The molecule has 0 fully saturated rings. The van der Waals surface area contributed by atoms with Crippen LogP contribution in [0.4, 0.5) is 10.7 Å². The Morgan fingerprint density at radius 3 is 2.68 bits per heavy atom. The van der Waals surface area contributed by atoms with Gasteiger partial charge in [-0.2, -0.15) is 0 Å². The molecule has 1 atom stereocenters. The maximum Gasteiger partial charge on any atom is 0.174 e. The minimum Gasteiger partial charge on any atom is -0.397 e. The lowest BCUT2D eigenvalue weighted by Crippen LogP contribution is -2.04. The number of carbonyl (C=O) groups is 1. The van der Waals surface area contributed by atoms with Crippen LogP contribution in [0.1, 0.15) is 41.5 Å². The highest BCUT2D eigenvalue weighted by Gasteiger charge is 2.14. The number of hydrogen-bond donors (Lipinski definition) is 2. The lowest BCUT2D eigenvalue weighted by atomic mass is 10.1. The van der Waals surface area contributed by atoms with Gasteiger partial charge < -0.3 is 11.1 Å². The van der Waals surface area contributed by atoms with E-state index < -0.39 is 0 Å². The molecule has 0 radical (unpaired) electrons. The standard InChI is InChI=1S/C15H18N2OS/c1-3-13(18)15-12(16)9-14(19-15)17-10(2)11-7-5-4-6-8-11/h4-10,17H,3,16H2,1-2H3. The number of ketones is 1. The van der Waals surface area contributed by atoms with Crippen molar-refractivity contribution in [2.24, 2.45) is 0 Å². The van der Waals surface area contributed by atoms with Gasteiger partial charge in [-0.25, -0.2) is 0 Å². The molecule has 0 aliphatic carbocycles. The smallest absolute Gasteiger partial charge is 0.174 e. The first-order valence-electron chi connectivity index (χ1n) is 6.35. The SMILES string of the molecule is CCC(=O)c1sc(NC(C)c2ccccc2)cc1N. The molecule has 2 rings (SSSR count). The highest BCUT2D eigenvalue weighted by atomic mass is 32.1. The average Bonchev–Trinajstić information content (AvgIpc) is 2.79. The van der Waals surface area contributed by atoms with E-state index in [1.165, 1.54) is 16.9 Å². The minimum absolute atomic E-state index is 0.0999. The van der Waals surface area contributed by atoms with E-state index in [9.17, 15) is 4.79 Å². The van der Waals surface area contributed by atoms with Crippen molar-refractivity contribution in [1.82, 2.24) is 0 Å². The van der Waals surface area contributed by atoms with E-state index in [0.29, 0.717) is 17.0 Å². The molecule has 0 amide bonds. The Hall–Kier alpha value is -1.81. The summed E-state index contributed by atoms with van der Waals surface area (Å²) in [5.41, 5.74) is 7.66. The zero-order chi connectivity index (χ0) is 13.8. The predicted octanol–water partition coefficient (Wildman–Crippen LogP) is 4.10. The van der Waals surface area contributed by atoms with Gasteiger partial charge in [-0.15, -0.1) is 11.3 Å². The number of nitrogens with one attached hydrogen (secondary N) is 1. The molecule has 0 aliphatic rings. The third kappa shape index (κ3) is 3.15. The molecule has 0 aliphatic heterocycles. The van der Waals surface area contributed by atoms with Crippen molar-refractivity contribution in [3.05, 3.63) is 46.8 Å². The van der Waals surface area contributed by atoms with Gasteiger partial charge in [-0.05, 0) is 18.6 Å². The van der Waals surface area contributed by atoms with Crippen LogP contribution in [-0.2, 0) is 0 Å². The molecule has 0 bridgehead atoms. The van der Waals surface area contributed by atoms with Crippen LogP contribution in [0.25, 0.3) is 0 Å². The zero-order valence-electron chi connectivity index (χ0n) is 11.1. The van der Waals surface area contributed by atoms with E-state index in [4.69, 9.17) is 5.73 Å². The van der Waals surface area contributed by atoms with Crippen LogP contribution >= 0.6 is 11.3 Å². The quantitative estimate of drug-likeness (QED) is 0.807. The summed E-state index contributed by atoms with van der Waals surface area (Å²) in [6.07, 6.45) is 0.485. The van der Waals surface area contributed by atoms with Gasteiger partial charge in [0.15, 0.2) is 5.78 Å². The molecule has 1 aromatic carbocycles. The first-order chi connectivity index (χ1) is 9.11. The molecule has 0 saturated carbocycles. The number of anilines is 2. The maximum absolute atomic E-state index is 11.7. The second-order valence-electron chi connectivity index (χ2n) is 4.45. The Labute approximate surface area is 117 Å². The molecular formula is C15H18N2OS. The summed E-state index contributed by atoms with van der Waals surface area (Å²) in [6.45, 7) is 3.94. The van der Waals surface area contributed by atoms with Crippen LogP contribution in [0.3, 0.4) is 0 Å². The van der Waals surface area contributed by atoms with Crippen molar-refractivity contribution < 1.29 is 4.79 Å². The fraction of sp³-hybridized carbons (Fsp3) is 0.267. The molecule has 1 aromatic heterocycles. The topological polar surface area (TPSA) is 55.1 Å². The second kappa shape index (κ2) is 5.89. The van der Waals surface area contributed by atoms with Crippen LogP contribution < -0.4 is 11.1 Å². The van der Waals surface area contributed by atoms with Crippen molar-refractivity contribution in [2.45, 2.75) is 26.3 Å². The number of hydrogen-bond acceptors (Lipinski definition) is 4. The summed E-state index contributed by atoms with van der Waals surface area (Å²) in [6, 6.07) is 12.2. The highest BCUT2D eigenvalue weighted by Crippen LogP contribution is 2.32. The number of rotatable bonds is 5. The molecule has 3 nitrogen and oxygen atoms in total. The van der Waals surface area contributed by atoms with Gasteiger partial charge in [-0.1, -0.05) is 37.3 Å². The van der Waals surface area contributed by atoms with E-state index in [1.807, 2.05) is 31.2 Å². The normalized spacial score (nSPS) is 12.1. The van der Waals surface area contributed by atoms with Gasteiger partial charge in [0.2, 0.25) is 0 Å². The van der Waals surface area contributed by atoms with Crippen molar-refractivity contribution in [3.8, 4) is 0 Å². The number of nitrogens with two attached hydrogens (primary N) is 1. The minimum atomic E-state index is 0.0999. The lowest BCUT2D eigenvalue weighted by Gasteiger charge is -2.13. The molecular weight excluding hydrogens is 256 g/mol. The summed E-state index contributed by atoms with van der Waals surface area (Å²) >= 11 is 1.43. The summed E-state index contributed by atoms with van der Waals surface area (Å²) < 4.78 is 0. The molecule has 4 heteroatoms. The Kier molecular flexibility index (Phi) is 4.22. The number of thiophene rings is 1. The summed E-state index contributed by atoms with van der Waals surface area (Å²) in [4.78, 5) is 12.4. The Balaban J connectivity index is 2.14. The monoisotopic (exact) mass is 274 g/mol. The van der Waals surface area contributed by atoms with E-state index in [0.717, 1.165) is 5.00 Å². The van der Waals surface area contributed by atoms with E-state index >= 15 is 0 Å². The van der Waals surface area contributed by atoms with Gasteiger partial charge in [0.25, 0.3) is 0 Å². The number of carbonyl (C=O) groups excluding carboxylic acids is 1. The maximum atomic E-state index is 11.7. The van der Waals surface area contributed by atoms with Gasteiger partial charge in [0.05, 0.1) is 15.6 Å². The van der Waals surface area contributed by atoms with Crippen LogP contribution in [-0.4, -0.2) is 5.78 Å². The van der Waals surface area contributed by atoms with Crippen LogP contribution in [0.15, 0.2) is 36.4 Å². The van der Waals surface area contributed by atoms with Crippen molar-refractivity contribution >= 4 is 27.8 Å². The summed E-state index contributed by atoms with van der Waals surface area (Å²) in [7, 11) is 0. The lowest BCUT2D eigenvalue weighted by molar-refractivity contribution is 0.0993. The Bertz CT molecular complexity index is 563. The highest BCUT2D eigenvalue weighted by molar-refractivity contribution is 7.18. The Morgan fingerprint density at radius 1 is 1.37 bits per heavy atom. The second-order valence-corrected chi connectivity index (χ2v) is 5.50. The van der Waals surface area contributed by atoms with E-state index in [-0.39, 0.29) is 11.8 Å². The first kappa shape index (κ1) is 13.6. The largest absolute Gasteiger partial charge is 0.397 e. The third-order valence-electron chi connectivity index (χ3n) is 2.99. The average molecular weight is 274 g/mol. The van der Waals surface area contributed by atoms with Gasteiger partial charge in [0.1, 0.15) is 0 Å². The molecule has 3 N–H and O–H groups in total. The van der Waals surface area contributed by atoms with Crippen LogP contribution in [0, 0.1) is 0 Å². The number of nitrogen functional groups attached to an aromatic ring is 1. The van der Waals surface area contributed by atoms with Gasteiger partial charge in [-0.3, -0.25) is 4.79 Å². The molecule has 100 valence electrons. The number of benzene rings is 1. The molecule has 1 unspecified atom stereocenters. The molecule has 2 aromatic rings. The predicted molar refractivity (Wildman–Crippen MR) is 81.8 cm³/mol. The third-order valence-corrected chi connectivity index (χ3v) is 4.12. The van der Waals surface area contributed by atoms with Gasteiger partial charge >= 0.3 is 0 Å². The fourth-order valence-electron chi connectivity index (χ4n) is 1.89.